The molecule has 0 aliphatic heterocycles. The number of aromatic nitrogens is 1. The fourth-order valence-electron chi connectivity index (χ4n) is 1.04. The van der Waals surface area contributed by atoms with Crippen molar-refractivity contribution in [1.29, 1.82) is 0 Å². The average Bonchev–Trinajstić information content (AvgIpc) is 2.09. The summed E-state index contributed by atoms with van der Waals surface area (Å²) < 4.78 is 5.10. The van der Waals surface area contributed by atoms with Gasteiger partial charge in [0.1, 0.15) is 11.4 Å². The average molecular weight is 243 g/mol. The lowest BCUT2D eigenvalue weighted by molar-refractivity contribution is 0.0635. The van der Waals surface area contributed by atoms with Crippen molar-refractivity contribution in [2.45, 2.75) is 33.3 Å². The van der Waals surface area contributed by atoms with Gasteiger partial charge in [0.2, 0.25) is 0 Å². The van der Waals surface area contributed by atoms with Gasteiger partial charge in [0.25, 0.3) is 0 Å². The predicted octanol–water partition coefficient (Wildman–Crippen LogP) is 3.39. The van der Waals surface area contributed by atoms with E-state index in [0.29, 0.717) is 10.8 Å². The van der Waals surface area contributed by atoms with E-state index < -0.39 is 11.7 Å². The Morgan fingerprint density at radius 2 is 2.12 bits per heavy atom. The van der Waals surface area contributed by atoms with Crippen LogP contribution in [-0.4, -0.2) is 16.7 Å². The second kappa shape index (κ2) is 4.70. The highest BCUT2D eigenvalue weighted by Crippen LogP contribution is 2.20. The molecular weight excluding hydrogens is 228 g/mol. The minimum Gasteiger partial charge on any atom is -0.444 e. The quantitative estimate of drug-likeness (QED) is 0.821. The van der Waals surface area contributed by atoms with Crippen molar-refractivity contribution in [2.75, 3.05) is 5.32 Å². The van der Waals surface area contributed by atoms with Gasteiger partial charge in [-0.15, -0.1) is 0 Å². The molecule has 0 unspecified atom stereocenters. The summed E-state index contributed by atoms with van der Waals surface area (Å²) >= 11 is 5.90. The standard InChI is InChI=1S/C11H15ClN2O2/c1-7-8(12)5-6-13-9(7)14-10(15)16-11(2,3)4/h5-6H,1-4H3,(H,13,14,15). The number of rotatable bonds is 1. The summed E-state index contributed by atoms with van der Waals surface area (Å²) in [6.45, 7) is 7.17. The lowest BCUT2D eigenvalue weighted by Crippen LogP contribution is -2.27. The molecule has 1 rings (SSSR count). The van der Waals surface area contributed by atoms with Crippen LogP contribution >= 0.6 is 11.6 Å². The maximum Gasteiger partial charge on any atom is 0.413 e. The third-order valence-electron chi connectivity index (χ3n) is 1.76. The van der Waals surface area contributed by atoms with E-state index in [1.807, 2.05) is 0 Å². The number of nitrogens with zero attached hydrogens (tertiary/aromatic N) is 1. The molecule has 0 bridgehead atoms. The molecule has 0 atom stereocenters. The number of pyridine rings is 1. The van der Waals surface area contributed by atoms with Gasteiger partial charge in [0.05, 0.1) is 0 Å². The summed E-state index contributed by atoms with van der Waals surface area (Å²) in [5, 5.41) is 3.11. The van der Waals surface area contributed by atoms with E-state index in [4.69, 9.17) is 16.3 Å². The molecule has 1 aromatic heterocycles. The molecule has 0 saturated carbocycles. The van der Waals surface area contributed by atoms with E-state index in [0.717, 1.165) is 5.56 Å². The van der Waals surface area contributed by atoms with Crippen LogP contribution in [-0.2, 0) is 4.74 Å². The molecule has 0 aliphatic carbocycles. The van der Waals surface area contributed by atoms with E-state index in [-0.39, 0.29) is 0 Å². The molecule has 1 amide bonds. The van der Waals surface area contributed by atoms with Gasteiger partial charge in [-0.2, -0.15) is 0 Å². The molecule has 16 heavy (non-hydrogen) atoms. The van der Waals surface area contributed by atoms with Gasteiger partial charge in [-0.3, -0.25) is 5.32 Å². The van der Waals surface area contributed by atoms with Gasteiger partial charge in [0, 0.05) is 16.8 Å². The Balaban J connectivity index is 2.74. The number of hydrogen-bond acceptors (Lipinski definition) is 3. The van der Waals surface area contributed by atoms with Gasteiger partial charge in [-0.1, -0.05) is 11.6 Å². The third kappa shape index (κ3) is 3.70. The van der Waals surface area contributed by atoms with E-state index >= 15 is 0 Å². The monoisotopic (exact) mass is 242 g/mol. The maximum atomic E-state index is 11.5. The van der Waals surface area contributed by atoms with E-state index in [1.54, 1.807) is 33.8 Å². The van der Waals surface area contributed by atoms with Crippen molar-refractivity contribution >= 4 is 23.5 Å². The zero-order chi connectivity index (χ0) is 12.3. The molecular formula is C11H15ClN2O2. The summed E-state index contributed by atoms with van der Waals surface area (Å²) in [5.74, 6) is 0.418. The first-order valence-corrected chi connectivity index (χ1v) is 5.28. The number of halogens is 1. The number of carbonyl (C=O) groups is 1. The minimum atomic E-state index is -0.537. The molecule has 5 heteroatoms. The highest BCUT2D eigenvalue weighted by Gasteiger charge is 2.17. The molecule has 0 spiro atoms. The summed E-state index contributed by atoms with van der Waals surface area (Å²) in [4.78, 5) is 15.5. The highest BCUT2D eigenvalue weighted by atomic mass is 35.5. The Hall–Kier alpha value is -1.29. The fraction of sp³-hybridized carbons (Fsp3) is 0.455. The Morgan fingerprint density at radius 1 is 1.50 bits per heavy atom. The first kappa shape index (κ1) is 12.8. The van der Waals surface area contributed by atoms with Crippen LogP contribution in [0.5, 0.6) is 0 Å². The topological polar surface area (TPSA) is 51.2 Å². The van der Waals surface area contributed by atoms with Crippen molar-refractivity contribution in [2.24, 2.45) is 0 Å². The summed E-state index contributed by atoms with van der Waals surface area (Å²) in [6, 6.07) is 1.66. The van der Waals surface area contributed by atoms with Crippen molar-refractivity contribution in [3.8, 4) is 0 Å². The van der Waals surface area contributed by atoms with Crippen LogP contribution in [0.4, 0.5) is 10.6 Å². The van der Waals surface area contributed by atoms with Crippen LogP contribution in [0.25, 0.3) is 0 Å². The SMILES string of the molecule is Cc1c(Cl)ccnc1NC(=O)OC(C)(C)C. The maximum absolute atomic E-state index is 11.5. The molecule has 1 aromatic rings. The molecule has 0 radical (unpaired) electrons. The van der Waals surface area contributed by atoms with Crippen molar-refractivity contribution in [3.63, 3.8) is 0 Å². The Bertz CT molecular complexity index is 399. The predicted molar refractivity (Wildman–Crippen MR) is 63.8 cm³/mol. The van der Waals surface area contributed by atoms with E-state index in [9.17, 15) is 4.79 Å². The van der Waals surface area contributed by atoms with Crippen molar-refractivity contribution in [1.82, 2.24) is 4.98 Å². The number of ether oxygens (including phenoxy) is 1. The number of carbonyl (C=O) groups excluding carboxylic acids is 1. The van der Waals surface area contributed by atoms with Crippen LogP contribution in [0.3, 0.4) is 0 Å². The Morgan fingerprint density at radius 3 is 2.69 bits per heavy atom. The second-order valence-corrected chi connectivity index (χ2v) is 4.80. The van der Waals surface area contributed by atoms with E-state index in [1.165, 1.54) is 6.20 Å². The normalized spacial score (nSPS) is 11.1. The zero-order valence-electron chi connectivity index (χ0n) is 9.80. The van der Waals surface area contributed by atoms with Gasteiger partial charge in [-0.05, 0) is 33.8 Å². The Kier molecular flexibility index (Phi) is 3.75. The van der Waals surface area contributed by atoms with Gasteiger partial charge in [-0.25, -0.2) is 9.78 Å². The second-order valence-electron chi connectivity index (χ2n) is 4.39. The van der Waals surface area contributed by atoms with Gasteiger partial charge < -0.3 is 4.74 Å². The van der Waals surface area contributed by atoms with Crippen LogP contribution in [0, 0.1) is 6.92 Å². The minimum absolute atomic E-state index is 0.418. The van der Waals surface area contributed by atoms with Crippen molar-refractivity contribution < 1.29 is 9.53 Å². The van der Waals surface area contributed by atoms with Gasteiger partial charge >= 0.3 is 6.09 Å². The summed E-state index contributed by atoms with van der Waals surface area (Å²) in [6.07, 6.45) is 0.993. The smallest absolute Gasteiger partial charge is 0.413 e. The number of amides is 1. The fourth-order valence-corrected chi connectivity index (χ4v) is 1.18. The van der Waals surface area contributed by atoms with E-state index in [2.05, 4.69) is 10.3 Å². The molecule has 0 aliphatic rings. The molecule has 1 heterocycles. The number of anilines is 1. The van der Waals surface area contributed by atoms with Crippen LogP contribution in [0.2, 0.25) is 5.02 Å². The third-order valence-corrected chi connectivity index (χ3v) is 2.17. The first-order valence-electron chi connectivity index (χ1n) is 4.91. The lowest BCUT2D eigenvalue weighted by atomic mass is 10.2. The zero-order valence-corrected chi connectivity index (χ0v) is 10.6. The number of nitrogens with one attached hydrogen (secondary N) is 1. The summed E-state index contributed by atoms with van der Waals surface area (Å²) in [5.41, 5.74) is 0.186. The van der Waals surface area contributed by atoms with Crippen LogP contribution in [0.15, 0.2) is 12.3 Å². The largest absolute Gasteiger partial charge is 0.444 e. The number of hydrogen-bond donors (Lipinski definition) is 1. The summed E-state index contributed by atoms with van der Waals surface area (Å²) in [7, 11) is 0. The molecule has 4 nitrogen and oxygen atoms in total. The lowest BCUT2D eigenvalue weighted by Gasteiger charge is -2.19. The van der Waals surface area contributed by atoms with Crippen LogP contribution in [0.1, 0.15) is 26.3 Å². The molecule has 88 valence electrons. The Labute approximate surface area is 100.0 Å². The molecule has 0 saturated heterocycles. The van der Waals surface area contributed by atoms with Gasteiger partial charge in [0.15, 0.2) is 0 Å². The molecule has 0 aromatic carbocycles. The highest BCUT2D eigenvalue weighted by molar-refractivity contribution is 6.31. The first-order chi connectivity index (χ1) is 7.29. The van der Waals surface area contributed by atoms with Crippen LogP contribution < -0.4 is 5.32 Å². The molecule has 1 N–H and O–H groups in total. The molecule has 0 fully saturated rings. The van der Waals surface area contributed by atoms with Crippen molar-refractivity contribution in [3.05, 3.63) is 22.8 Å².